The molecule has 1 aromatic heterocycles. The first-order chi connectivity index (χ1) is 7.96. The highest BCUT2D eigenvalue weighted by Gasteiger charge is 2.16. The minimum Gasteiger partial charge on any atom is -0.365 e. The monoisotopic (exact) mass is 233 g/mol. The van der Waals surface area contributed by atoms with Crippen LogP contribution in [0, 0.1) is 11.8 Å². The second-order valence-corrected chi connectivity index (χ2v) is 4.73. The Morgan fingerprint density at radius 3 is 2.76 bits per heavy atom. The van der Waals surface area contributed by atoms with Crippen molar-refractivity contribution in [1.82, 2.24) is 9.55 Å². The highest BCUT2D eigenvalue weighted by Crippen LogP contribution is 2.10. The predicted molar refractivity (Wildman–Crippen MR) is 70.0 cm³/mol. The number of nitrogens with one attached hydrogen (secondary N) is 1. The molecular formula is C13H19N3O. The van der Waals surface area contributed by atoms with Crippen LogP contribution in [0.15, 0.2) is 17.2 Å². The third-order valence-electron chi connectivity index (χ3n) is 2.28. The molecule has 0 amide bonds. The molecule has 0 aromatic carbocycles. The smallest absolute Gasteiger partial charge is 0.293 e. The van der Waals surface area contributed by atoms with E-state index in [9.17, 15) is 4.79 Å². The normalized spacial score (nSPS) is 10.6. The van der Waals surface area contributed by atoms with Crippen LogP contribution in [0.25, 0.3) is 0 Å². The van der Waals surface area contributed by atoms with Crippen LogP contribution in [0.4, 0.5) is 5.82 Å². The molecule has 0 saturated carbocycles. The van der Waals surface area contributed by atoms with Crippen LogP contribution in [-0.2, 0) is 5.54 Å². The third-order valence-corrected chi connectivity index (χ3v) is 2.28. The van der Waals surface area contributed by atoms with Crippen LogP contribution < -0.4 is 10.9 Å². The van der Waals surface area contributed by atoms with E-state index in [4.69, 9.17) is 0 Å². The molecule has 1 heterocycles. The number of rotatable bonds is 3. The lowest BCUT2D eigenvalue weighted by molar-refractivity contribution is 0.383. The molecule has 92 valence electrons. The molecule has 0 spiro atoms. The Morgan fingerprint density at radius 2 is 2.18 bits per heavy atom. The van der Waals surface area contributed by atoms with Gasteiger partial charge in [0.15, 0.2) is 5.82 Å². The lowest BCUT2D eigenvalue weighted by Gasteiger charge is -2.22. The molecule has 17 heavy (non-hydrogen) atoms. The number of anilines is 1. The third kappa shape index (κ3) is 3.63. The zero-order valence-corrected chi connectivity index (χ0v) is 10.9. The van der Waals surface area contributed by atoms with E-state index in [0.717, 1.165) is 0 Å². The van der Waals surface area contributed by atoms with Gasteiger partial charge < -0.3 is 9.88 Å². The second kappa shape index (κ2) is 5.53. The van der Waals surface area contributed by atoms with Gasteiger partial charge in [-0.2, -0.15) is 0 Å². The fraction of sp³-hybridized carbons (Fsp3) is 0.538. The lowest BCUT2D eigenvalue weighted by Crippen LogP contribution is -2.35. The van der Waals surface area contributed by atoms with Gasteiger partial charge in [-0.15, -0.1) is 11.8 Å². The van der Waals surface area contributed by atoms with E-state index in [1.165, 1.54) is 0 Å². The zero-order valence-electron chi connectivity index (χ0n) is 10.9. The summed E-state index contributed by atoms with van der Waals surface area (Å²) in [6.45, 7) is 8.40. The van der Waals surface area contributed by atoms with Crippen LogP contribution in [0.5, 0.6) is 0 Å². The molecule has 0 atom stereocenters. The molecule has 0 fully saturated rings. The number of aromatic nitrogens is 2. The Hall–Kier alpha value is -1.76. The number of nitrogens with zero attached hydrogens (tertiary/aromatic N) is 2. The van der Waals surface area contributed by atoms with E-state index in [-0.39, 0.29) is 11.1 Å². The molecule has 0 aliphatic heterocycles. The van der Waals surface area contributed by atoms with E-state index >= 15 is 0 Å². The Morgan fingerprint density at radius 1 is 1.47 bits per heavy atom. The van der Waals surface area contributed by atoms with Gasteiger partial charge in [0.05, 0.1) is 0 Å². The van der Waals surface area contributed by atoms with Crippen LogP contribution >= 0.6 is 0 Å². The van der Waals surface area contributed by atoms with Gasteiger partial charge in [0.1, 0.15) is 0 Å². The summed E-state index contributed by atoms with van der Waals surface area (Å²) in [5.41, 5.74) is -0.330. The average molecular weight is 233 g/mol. The van der Waals surface area contributed by atoms with Crippen molar-refractivity contribution in [3.8, 4) is 11.8 Å². The largest absolute Gasteiger partial charge is 0.365 e. The molecule has 0 aliphatic rings. The van der Waals surface area contributed by atoms with Gasteiger partial charge in [0, 0.05) is 30.9 Å². The van der Waals surface area contributed by atoms with Crippen molar-refractivity contribution in [1.29, 1.82) is 0 Å². The van der Waals surface area contributed by atoms with E-state index < -0.39 is 0 Å². The molecule has 0 aliphatic carbocycles. The van der Waals surface area contributed by atoms with Crippen LogP contribution in [-0.4, -0.2) is 16.1 Å². The fourth-order valence-electron chi connectivity index (χ4n) is 1.43. The van der Waals surface area contributed by atoms with Crippen molar-refractivity contribution in [2.24, 2.45) is 0 Å². The molecular weight excluding hydrogens is 214 g/mol. The highest BCUT2D eigenvalue weighted by molar-refractivity contribution is 5.31. The summed E-state index contributed by atoms with van der Waals surface area (Å²) in [6, 6.07) is 0. The van der Waals surface area contributed by atoms with Crippen LogP contribution in [0.3, 0.4) is 0 Å². The van der Waals surface area contributed by atoms with Gasteiger partial charge in [-0.05, 0) is 27.7 Å². The SMILES string of the molecule is CC#CCCNc1nccn(C(C)(C)C)c1=O. The molecule has 0 radical (unpaired) electrons. The summed E-state index contributed by atoms with van der Waals surface area (Å²) in [6.07, 6.45) is 4.06. The van der Waals surface area contributed by atoms with E-state index in [1.807, 2.05) is 20.8 Å². The Labute approximate surface area is 102 Å². The Balaban J connectivity index is 2.87. The summed E-state index contributed by atoms with van der Waals surface area (Å²) in [4.78, 5) is 16.1. The lowest BCUT2D eigenvalue weighted by atomic mass is 10.1. The maximum atomic E-state index is 12.1. The summed E-state index contributed by atoms with van der Waals surface area (Å²) in [5, 5.41) is 3.01. The van der Waals surface area contributed by atoms with Crippen LogP contribution in [0.1, 0.15) is 34.1 Å². The minimum atomic E-state index is -0.236. The topological polar surface area (TPSA) is 46.9 Å². The maximum Gasteiger partial charge on any atom is 0.293 e. The summed E-state index contributed by atoms with van der Waals surface area (Å²) in [5.74, 6) is 6.13. The van der Waals surface area contributed by atoms with E-state index in [0.29, 0.717) is 18.8 Å². The van der Waals surface area contributed by atoms with Gasteiger partial charge in [-0.1, -0.05) is 0 Å². The van der Waals surface area contributed by atoms with Crippen molar-refractivity contribution >= 4 is 5.82 Å². The molecule has 0 bridgehead atoms. The summed E-state index contributed by atoms with van der Waals surface area (Å²) >= 11 is 0. The second-order valence-electron chi connectivity index (χ2n) is 4.73. The minimum absolute atomic E-state index is 0.0931. The molecule has 4 nitrogen and oxygen atoms in total. The first-order valence-electron chi connectivity index (χ1n) is 5.68. The maximum absolute atomic E-state index is 12.1. The van der Waals surface area contributed by atoms with Crippen molar-refractivity contribution in [3.63, 3.8) is 0 Å². The summed E-state index contributed by atoms with van der Waals surface area (Å²) in [7, 11) is 0. The van der Waals surface area contributed by atoms with E-state index in [1.54, 1.807) is 23.9 Å². The van der Waals surface area contributed by atoms with E-state index in [2.05, 4.69) is 22.1 Å². The van der Waals surface area contributed by atoms with Gasteiger partial charge in [0.2, 0.25) is 0 Å². The Bertz CT molecular complexity index is 486. The predicted octanol–water partition coefficient (Wildman–Crippen LogP) is 1.82. The summed E-state index contributed by atoms with van der Waals surface area (Å²) < 4.78 is 1.67. The Kier molecular flexibility index (Phi) is 4.33. The van der Waals surface area contributed by atoms with Crippen LogP contribution in [0.2, 0.25) is 0 Å². The average Bonchev–Trinajstić information content (AvgIpc) is 2.25. The van der Waals surface area contributed by atoms with Gasteiger partial charge in [-0.25, -0.2) is 4.98 Å². The molecule has 1 N–H and O–H groups in total. The van der Waals surface area contributed by atoms with Crippen molar-refractivity contribution < 1.29 is 0 Å². The molecule has 1 aromatic rings. The number of hydrogen-bond donors (Lipinski definition) is 1. The quantitative estimate of drug-likeness (QED) is 0.640. The number of hydrogen-bond acceptors (Lipinski definition) is 3. The van der Waals surface area contributed by atoms with Gasteiger partial charge in [-0.3, -0.25) is 4.79 Å². The molecule has 1 rings (SSSR count). The van der Waals surface area contributed by atoms with Crippen molar-refractivity contribution in [2.75, 3.05) is 11.9 Å². The highest BCUT2D eigenvalue weighted by atomic mass is 16.1. The van der Waals surface area contributed by atoms with Gasteiger partial charge in [0.25, 0.3) is 5.56 Å². The zero-order chi connectivity index (χ0) is 12.9. The fourth-order valence-corrected chi connectivity index (χ4v) is 1.43. The molecule has 0 saturated heterocycles. The molecule has 0 unspecified atom stereocenters. The van der Waals surface area contributed by atoms with Gasteiger partial charge >= 0.3 is 0 Å². The first-order valence-corrected chi connectivity index (χ1v) is 5.68. The first kappa shape index (κ1) is 13.3. The standard InChI is InChI=1S/C13H19N3O/c1-5-6-7-8-14-11-12(17)16(10-9-15-11)13(2,3)4/h9-10H,7-8H2,1-4H3,(H,14,15). The van der Waals surface area contributed by atoms with Crippen molar-refractivity contribution in [3.05, 3.63) is 22.7 Å². The van der Waals surface area contributed by atoms with Crippen molar-refractivity contribution in [2.45, 2.75) is 39.7 Å². The molecule has 4 heteroatoms.